The molecule has 0 aliphatic carbocycles. The summed E-state index contributed by atoms with van der Waals surface area (Å²) >= 11 is 1.59. The number of furan rings is 1. The summed E-state index contributed by atoms with van der Waals surface area (Å²) in [7, 11) is 0. The predicted octanol–water partition coefficient (Wildman–Crippen LogP) is 3.26. The Morgan fingerprint density at radius 3 is 2.64 bits per heavy atom. The molecule has 0 saturated heterocycles. The standard InChI is InChI=1S/C17H21NO3S/c1-11-5-7-13(22-4)9-14(11)16(19)18-10-17(3,20)15-8-6-12(2)21-15/h5-9,20H,10H2,1-4H3,(H,18,19). The van der Waals surface area contributed by atoms with Crippen molar-refractivity contribution in [3.63, 3.8) is 0 Å². The molecule has 0 bridgehead atoms. The summed E-state index contributed by atoms with van der Waals surface area (Å²) in [5, 5.41) is 13.2. The van der Waals surface area contributed by atoms with Gasteiger partial charge in [-0.2, -0.15) is 0 Å². The van der Waals surface area contributed by atoms with E-state index in [4.69, 9.17) is 4.42 Å². The zero-order valence-corrected chi connectivity index (χ0v) is 14.1. The molecule has 22 heavy (non-hydrogen) atoms. The van der Waals surface area contributed by atoms with Crippen molar-refractivity contribution in [2.24, 2.45) is 0 Å². The quantitative estimate of drug-likeness (QED) is 0.830. The van der Waals surface area contributed by atoms with Gasteiger partial charge in [-0.25, -0.2) is 0 Å². The van der Waals surface area contributed by atoms with Gasteiger partial charge in [0.2, 0.25) is 0 Å². The van der Waals surface area contributed by atoms with E-state index in [1.165, 1.54) is 0 Å². The number of aryl methyl sites for hydroxylation is 2. The van der Waals surface area contributed by atoms with Crippen molar-refractivity contribution in [2.75, 3.05) is 12.8 Å². The van der Waals surface area contributed by atoms with E-state index >= 15 is 0 Å². The molecule has 4 nitrogen and oxygen atoms in total. The van der Waals surface area contributed by atoms with Crippen molar-refractivity contribution >= 4 is 17.7 Å². The average Bonchev–Trinajstić information content (AvgIpc) is 2.93. The predicted molar refractivity (Wildman–Crippen MR) is 88.3 cm³/mol. The van der Waals surface area contributed by atoms with Gasteiger partial charge in [-0.1, -0.05) is 6.07 Å². The van der Waals surface area contributed by atoms with E-state index in [-0.39, 0.29) is 12.5 Å². The second kappa shape index (κ2) is 6.58. The molecule has 118 valence electrons. The zero-order valence-electron chi connectivity index (χ0n) is 13.3. The van der Waals surface area contributed by atoms with Crippen molar-refractivity contribution < 1.29 is 14.3 Å². The van der Waals surface area contributed by atoms with Crippen LogP contribution in [0.15, 0.2) is 39.6 Å². The van der Waals surface area contributed by atoms with Crippen LogP contribution in [0.3, 0.4) is 0 Å². The van der Waals surface area contributed by atoms with E-state index in [0.717, 1.165) is 16.2 Å². The number of hydrogen-bond acceptors (Lipinski definition) is 4. The van der Waals surface area contributed by atoms with Gasteiger partial charge in [-0.3, -0.25) is 4.79 Å². The van der Waals surface area contributed by atoms with E-state index in [1.54, 1.807) is 30.8 Å². The van der Waals surface area contributed by atoms with Crippen molar-refractivity contribution in [3.05, 3.63) is 53.0 Å². The highest BCUT2D eigenvalue weighted by atomic mass is 32.2. The molecule has 1 heterocycles. The fourth-order valence-corrected chi connectivity index (χ4v) is 2.57. The lowest BCUT2D eigenvalue weighted by Crippen LogP contribution is -2.38. The third-order valence-corrected chi connectivity index (χ3v) is 4.28. The van der Waals surface area contributed by atoms with Crippen LogP contribution >= 0.6 is 11.8 Å². The first-order valence-corrected chi connectivity index (χ1v) is 8.28. The Bertz CT molecular complexity index is 676. The van der Waals surface area contributed by atoms with Gasteiger partial charge in [-0.15, -0.1) is 11.8 Å². The van der Waals surface area contributed by atoms with Crippen LogP contribution in [-0.4, -0.2) is 23.8 Å². The third kappa shape index (κ3) is 3.72. The number of benzene rings is 1. The fourth-order valence-electron chi connectivity index (χ4n) is 2.13. The molecule has 2 aromatic rings. The maximum Gasteiger partial charge on any atom is 0.251 e. The van der Waals surface area contributed by atoms with E-state index in [0.29, 0.717) is 11.3 Å². The SMILES string of the molecule is CSc1ccc(C)c(C(=O)NCC(C)(O)c2ccc(C)o2)c1. The molecule has 0 saturated carbocycles. The lowest BCUT2D eigenvalue weighted by Gasteiger charge is -2.21. The van der Waals surface area contributed by atoms with Gasteiger partial charge < -0.3 is 14.8 Å². The number of carbonyl (C=O) groups excluding carboxylic acids is 1. The Morgan fingerprint density at radius 1 is 1.32 bits per heavy atom. The van der Waals surface area contributed by atoms with Crippen LogP contribution in [0.1, 0.15) is 34.4 Å². The van der Waals surface area contributed by atoms with Crippen molar-refractivity contribution in [1.82, 2.24) is 5.32 Å². The molecule has 1 atom stereocenters. The Morgan fingerprint density at radius 2 is 2.05 bits per heavy atom. The molecule has 0 spiro atoms. The van der Waals surface area contributed by atoms with E-state index in [1.807, 2.05) is 38.3 Å². The van der Waals surface area contributed by atoms with Crippen LogP contribution in [0.5, 0.6) is 0 Å². The average molecular weight is 319 g/mol. The summed E-state index contributed by atoms with van der Waals surface area (Å²) in [6, 6.07) is 9.28. The number of rotatable bonds is 5. The maximum atomic E-state index is 12.4. The van der Waals surface area contributed by atoms with Crippen molar-refractivity contribution in [3.8, 4) is 0 Å². The topological polar surface area (TPSA) is 62.5 Å². The molecule has 0 aliphatic rings. The van der Waals surface area contributed by atoms with Gasteiger partial charge in [0.1, 0.15) is 17.1 Å². The lowest BCUT2D eigenvalue weighted by atomic mass is 10.0. The molecule has 5 heteroatoms. The fraction of sp³-hybridized carbons (Fsp3) is 0.353. The molecule has 1 aromatic carbocycles. The second-order valence-electron chi connectivity index (χ2n) is 5.55. The number of amides is 1. The summed E-state index contributed by atoms with van der Waals surface area (Å²) in [5.41, 5.74) is 0.289. The van der Waals surface area contributed by atoms with Gasteiger partial charge in [0.05, 0.1) is 6.54 Å². The summed E-state index contributed by atoms with van der Waals surface area (Å²) in [6.45, 7) is 5.42. The number of carbonyl (C=O) groups is 1. The summed E-state index contributed by atoms with van der Waals surface area (Å²) in [6.07, 6.45) is 1.97. The molecule has 0 aliphatic heterocycles. The highest BCUT2D eigenvalue weighted by Gasteiger charge is 2.27. The normalized spacial score (nSPS) is 13.7. The van der Waals surface area contributed by atoms with Crippen molar-refractivity contribution in [1.29, 1.82) is 0 Å². The van der Waals surface area contributed by atoms with Gasteiger partial charge in [0, 0.05) is 10.5 Å². The molecular weight excluding hydrogens is 298 g/mol. The maximum absolute atomic E-state index is 12.4. The third-order valence-electron chi connectivity index (χ3n) is 3.55. The minimum absolute atomic E-state index is 0.0850. The summed E-state index contributed by atoms with van der Waals surface area (Å²) in [4.78, 5) is 13.4. The minimum atomic E-state index is -1.24. The van der Waals surface area contributed by atoms with Gasteiger partial charge in [0.15, 0.2) is 0 Å². The van der Waals surface area contributed by atoms with Crippen LogP contribution in [0.2, 0.25) is 0 Å². The van der Waals surface area contributed by atoms with E-state index in [9.17, 15) is 9.90 Å². The Labute approximate surface area is 134 Å². The number of nitrogens with one attached hydrogen (secondary N) is 1. The number of aliphatic hydroxyl groups is 1. The first-order chi connectivity index (χ1) is 10.3. The highest BCUT2D eigenvalue weighted by molar-refractivity contribution is 7.98. The van der Waals surface area contributed by atoms with E-state index < -0.39 is 5.60 Å². The molecule has 0 fully saturated rings. The Hall–Kier alpha value is -1.72. The Kier molecular flexibility index (Phi) is 4.98. The second-order valence-corrected chi connectivity index (χ2v) is 6.43. The van der Waals surface area contributed by atoms with E-state index in [2.05, 4.69) is 5.32 Å². The number of hydrogen-bond donors (Lipinski definition) is 2. The van der Waals surface area contributed by atoms with Crippen LogP contribution in [0.25, 0.3) is 0 Å². The van der Waals surface area contributed by atoms with Gasteiger partial charge in [0.25, 0.3) is 5.91 Å². The molecule has 1 unspecified atom stereocenters. The molecule has 2 N–H and O–H groups in total. The highest BCUT2D eigenvalue weighted by Crippen LogP contribution is 2.23. The lowest BCUT2D eigenvalue weighted by molar-refractivity contribution is 0.0323. The van der Waals surface area contributed by atoms with Crippen LogP contribution in [0, 0.1) is 13.8 Å². The van der Waals surface area contributed by atoms with Crippen LogP contribution < -0.4 is 5.32 Å². The summed E-state index contributed by atoms with van der Waals surface area (Å²) in [5.74, 6) is 0.974. The smallest absolute Gasteiger partial charge is 0.251 e. The molecule has 1 aromatic heterocycles. The molecule has 2 rings (SSSR count). The molecule has 0 radical (unpaired) electrons. The summed E-state index contributed by atoms with van der Waals surface area (Å²) < 4.78 is 5.44. The number of thioether (sulfide) groups is 1. The molecular formula is C17H21NO3S. The minimum Gasteiger partial charge on any atom is -0.463 e. The zero-order chi connectivity index (χ0) is 16.3. The van der Waals surface area contributed by atoms with Gasteiger partial charge >= 0.3 is 0 Å². The largest absolute Gasteiger partial charge is 0.463 e. The first-order valence-electron chi connectivity index (χ1n) is 7.05. The van der Waals surface area contributed by atoms with Crippen LogP contribution in [0.4, 0.5) is 0 Å². The van der Waals surface area contributed by atoms with Crippen molar-refractivity contribution in [2.45, 2.75) is 31.3 Å². The van der Waals surface area contributed by atoms with Gasteiger partial charge in [-0.05, 0) is 56.9 Å². The Balaban J connectivity index is 2.09. The first kappa shape index (κ1) is 16.6. The monoisotopic (exact) mass is 319 g/mol. The van der Waals surface area contributed by atoms with Crippen LogP contribution in [-0.2, 0) is 5.60 Å². The molecule has 1 amide bonds.